The quantitative estimate of drug-likeness (QED) is 0.798. The van der Waals surface area contributed by atoms with Gasteiger partial charge in [0.1, 0.15) is 0 Å². The number of methoxy groups -OCH3 is 2. The Morgan fingerprint density at radius 3 is 2.29 bits per heavy atom. The number of carbonyl (C=O) groups is 2. The van der Waals surface area contributed by atoms with Crippen LogP contribution in [0, 0.1) is 0 Å². The number of hydrogen-bond acceptors (Lipinski definition) is 5. The second kappa shape index (κ2) is 9.21. The van der Waals surface area contributed by atoms with Gasteiger partial charge in [-0.25, -0.2) is 0 Å². The zero-order valence-electron chi connectivity index (χ0n) is 16.2. The zero-order valence-corrected chi connectivity index (χ0v) is 16.2. The summed E-state index contributed by atoms with van der Waals surface area (Å²) < 4.78 is 10.4. The Hall–Kier alpha value is -3.09. The number of aromatic nitrogens is 1. The van der Waals surface area contributed by atoms with Crippen molar-refractivity contribution in [1.82, 2.24) is 10.3 Å². The lowest BCUT2D eigenvalue weighted by molar-refractivity contribution is 0.0927. The van der Waals surface area contributed by atoms with Gasteiger partial charge in [0.15, 0.2) is 11.5 Å². The van der Waals surface area contributed by atoms with Gasteiger partial charge in [-0.1, -0.05) is 19.3 Å². The molecule has 0 saturated heterocycles. The standard InChI is InChI=1S/C21H25N3O4/c1-27-18-9-8-17(11-19(18)28-2)24-21(26)15-10-14(12-22-13-15)20(25)23-16-6-4-3-5-7-16/h8-13,16H,3-7H2,1-2H3,(H,23,25)(H,24,26). The smallest absolute Gasteiger partial charge is 0.257 e. The molecule has 28 heavy (non-hydrogen) atoms. The first-order valence-electron chi connectivity index (χ1n) is 9.40. The third-order valence-electron chi connectivity index (χ3n) is 4.84. The molecule has 0 radical (unpaired) electrons. The van der Waals surface area contributed by atoms with Crippen LogP contribution in [0.2, 0.25) is 0 Å². The lowest BCUT2D eigenvalue weighted by atomic mass is 9.95. The van der Waals surface area contributed by atoms with Crippen molar-refractivity contribution in [1.29, 1.82) is 0 Å². The number of hydrogen-bond donors (Lipinski definition) is 2. The molecule has 2 N–H and O–H groups in total. The number of nitrogens with one attached hydrogen (secondary N) is 2. The van der Waals surface area contributed by atoms with Crippen LogP contribution in [0.4, 0.5) is 5.69 Å². The van der Waals surface area contributed by atoms with Crippen molar-refractivity contribution in [2.45, 2.75) is 38.1 Å². The second-order valence-corrected chi connectivity index (χ2v) is 6.79. The number of amides is 2. The van der Waals surface area contributed by atoms with E-state index in [1.807, 2.05) is 0 Å². The van der Waals surface area contributed by atoms with Gasteiger partial charge in [-0.2, -0.15) is 0 Å². The molecule has 2 amide bonds. The summed E-state index contributed by atoms with van der Waals surface area (Å²) in [6.45, 7) is 0. The summed E-state index contributed by atoms with van der Waals surface area (Å²) in [4.78, 5) is 29.1. The second-order valence-electron chi connectivity index (χ2n) is 6.79. The van der Waals surface area contributed by atoms with Crippen molar-refractivity contribution in [2.24, 2.45) is 0 Å². The summed E-state index contributed by atoms with van der Waals surface area (Å²) in [5, 5.41) is 5.82. The number of nitrogens with zero attached hydrogens (tertiary/aromatic N) is 1. The lowest BCUT2D eigenvalue weighted by Crippen LogP contribution is -2.36. The largest absolute Gasteiger partial charge is 0.493 e. The summed E-state index contributed by atoms with van der Waals surface area (Å²) in [6.07, 6.45) is 8.41. The van der Waals surface area contributed by atoms with Crippen LogP contribution in [0.15, 0.2) is 36.7 Å². The van der Waals surface area contributed by atoms with E-state index >= 15 is 0 Å². The molecule has 0 spiro atoms. The van der Waals surface area contributed by atoms with Gasteiger partial charge < -0.3 is 20.1 Å². The third kappa shape index (κ3) is 4.79. The Kier molecular flexibility index (Phi) is 6.47. The average Bonchev–Trinajstić information content (AvgIpc) is 2.74. The molecule has 0 unspecified atom stereocenters. The van der Waals surface area contributed by atoms with E-state index in [4.69, 9.17) is 9.47 Å². The fourth-order valence-corrected chi connectivity index (χ4v) is 3.32. The fourth-order valence-electron chi connectivity index (χ4n) is 3.32. The van der Waals surface area contributed by atoms with Gasteiger partial charge in [-0.15, -0.1) is 0 Å². The Morgan fingerprint density at radius 1 is 0.929 bits per heavy atom. The molecule has 7 heteroatoms. The maximum atomic E-state index is 12.6. The van der Waals surface area contributed by atoms with Crippen molar-refractivity contribution < 1.29 is 19.1 Å². The summed E-state index contributed by atoms with van der Waals surface area (Å²) >= 11 is 0. The fraction of sp³-hybridized carbons (Fsp3) is 0.381. The van der Waals surface area contributed by atoms with E-state index in [2.05, 4.69) is 15.6 Å². The van der Waals surface area contributed by atoms with Crippen molar-refractivity contribution in [2.75, 3.05) is 19.5 Å². The van der Waals surface area contributed by atoms with Gasteiger partial charge in [-0.3, -0.25) is 14.6 Å². The van der Waals surface area contributed by atoms with E-state index < -0.39 is 0 Å². The molecule has 1 saturated carbocycles. The molecule has 0 aliphatic heterocycles. The summed E-state index contributed by atoms with van der Waals surface area (Å²) in [5.74, 6) is 0.537. The predicted octanol–water partition coefficient (Wildman–Crippen LogP) is 3.41. The van der Waals surface area contributed by atoms with Gasteiger partial charge >= 0.3 is 0 Å². The average molecular weight is 383 g/mol. The Balaban J connectivity index is 1.69. The number of pyridine rings is 1. The molecular weight excluding hydrogens is 358 g/mol. The number of benzene rings is 1. The van der Waals surface area contributed by atoms with Crippen molar-refractivity contribution in [3.05, 3.63) is 47.8 Å². The van der Waals surface area contributed by atoms with Gasteiger partial charge in [0, 0.05) is 30.2 Å². The van der Waals surface area contributed by atoms with Crippen LogP contribution in [0.5, 0.6) is 11.5 Å². The highest BCUT2D eigenvalue weighted by atomic mass is 16.5. The van der Waals surface area contributed by atoms with Gasteiger partial charge in [0.25, 0.3) is 11.8 Å². The molecule has 7 nitrogen and oxygen atoms in total. The number of anilines is 1. The molecule has 1 fully saturated rings. The van der Waals surface area contributed by atoms with Crippen molar-refractivity contribution in [3.8, 4) is 11.5 Å². The lowest BCUT2D eigenvalue weighted by Gasteiger charge is -2.22. The number of ether oxygens (including phenoxy) is 2. The van der Waals surface area contributed by atoms with Crippen molar-refractivity contribution in [3.63, 3.8) is 0 Å². The van der Waals surface area contributed by atoms with Crippen LogP contribution in [-0.2, 0) is 0 Å². The zero-order chi connectivity index (χ0) is 19.9. The minimum Gasteiger partial charge on any atom is -0.493 e. The Bertz CT molecular complexity index is 847. The van der Waals surface area contributed by atoms with Crippen LogP contribution in [-0.4, -0.2) is 37.1 Å². The maximum Gasteiger partial charge on any atom is 0.257 e. The molecule has 3 rings (SSSR count). The van der Waals surface area contributed by atoms with E-state index in [-0.39, 0.29) is 17.9 Å². The van der Waals surface area contributed by atoms with Crippen LogP contribution in [0.1, 0.15) is 52.8 Å². The Labute approximate surface area is 164 Å². The van der Waals surface area contributed by atoms with Crippen LogP contribution in [0.25, 0.3) is 0 Å². The molecule has 1 aromatic carbocycles. The highest BCUT2D eigenvalue weighted by molar-refractivity contribution is 6.06. The number of rotatable bonds is 6. The first kappa shape index (κ1) is 19.7. The topological polar surface area (TPSA) is 89.5 Å². The van der Waals surface area contributed by atoms with Crippen LogP contribution >= 0.6 is 0 Å². The molecule has 1 aromatic heterocycles. The van der Waals surface area contributed by atoms with Crippen molar-refractivity contribution >= 4 is 17.5 Å². The molecule has 0 bridgehead atoms. The molecule has 148 valence electrons. The van der Waals surface area contributed by atoms with E-state index in [0.29, 0.717) is 28.3 Å². The van der Waals surface area contributed by atoms with Crippen LogP contribution in [0.3, 0.4) is 0 Å². The first-order chi connectivity index (χ1) is 13.6. The Morgan fingerprint density at radius 2 is 1.61 bits per heavy atom. The highest BCUT2D eigenvalue weighted by Crippen LogP contribution is 2.29. The van der Waals surface area contributed by atoms with E-state index in [1.54, 1.807) is 31.4 Å². The summed E-state index contributed by atoms with van der Waals surface area (Å²) in [5.41, 5.74) is 1.25. The normalized spacial score (nSPS) is 14.2. The molecular formula is C21H25N3O4. The minimum atomic E-state index is -0.355. The summed E-state index contributed by atoms with van der Waals surface area (Å²) in [7, 11) is 3.08. The van der Waals surface area contributed by atoms with Gasteiger partial charge in [-0.05, 0) is 31.0 Å². The van der Waals surface area contributed by atoms with Crippen LogP contribution < -0.4 is 20.1 Å². The van der Waals surface area contributed by atoms with E-state index in [9.17, 15) is 9.59 Å². The molecule has 1 heterocycles. The predicted molar refractivity (Wildman–Crippen MR) is 106 cm³/mol. The minimum absolute atomic E-state index is 0.194. The van der Waals surface area contributed by atoms with Gasteiger partial charge in [0.2, 0.25) is 0 Å². The van der Waals surface area contributed by atoms with E-state index in [0.717, 1.165) is 25.7 Å². The monoisotopic (exact) mass is 383 g/mol. The molecule has 2 aromatic rings. The van der Waals surface area contributed by atoms with Gasteiger partial charge in [0.05, 0.1) is 25.3 Å². The third-order valence-corrected chi connectivity index (χ3v) is 4.84. The molecule has 0 atom stereocenters. The SMILES string of the molecule is COc1ccc(NC(=O)c2cncc(C(=O)NC3CCCCC3)c2)cc1OC. The maximum absolute atomic E-state index is 12.6. The summed E-state index contributed by atoms with van der Waals surface area (Å²) in [6, 6.07) is 6.85. The molecule has 1 aliphatic rings. The molecule has 1 aliphatic carbocycles. The highest BCUT2D eigenvalue weighted by Gasteiger charge is 2.18. The number of carbonyl (C=O) groups excluding carboxylic acids is 2. The first-order valence-corrected chi connectivity index (χ1v) is 9.40. The van der Waals surface area contributed by atoms with E-state index in [1.165, 1.54) is 25.9 Å².